The lowest BCUT2D eigenvalue weighted by Crippen LogP contribution is -2.22. The summed E-state index contributed by atoms with van der Waals surface area (Å²) < 4.78 is 69.6. The fraction of sp³-hybridized carbons (Fsp3) is 0.286. The number of nitrogens with zero attached hydrogens (tertiary/aromatic N) is 6. The van der Waals surface area contributed by atoms with Gasteiger partial charge in [0, 0.05) is 23.7 Å². The highest BCUT2D eigenvalue weighted by Gasteiger charge is 2.36. The van der Waals surface area contributed by atoms with Gasteiger partial charge in [0.2, 0.25) is 11.6 Å². The largest absolute Gasteiger partial charge is 0.433 e. The number of amides is 2. The third-order valence-electron chi connectivity index (χ3n) is 5.85. The Morgan fingerprint density at radius 1 is 1.23 bits per heavy atom. The lowest BCUT2D eigenvalue weighted by molar-refractivity contribution is -0.386. The summed E-state index contributed by atoms with van der Waals surface area (Å²) in [6.45, 7) is 1.91. The van der Waals surface area contributed by atoms with Crippen molar-refractivity contribution in [1.29, 1.82) is 0 Å². The summed E-state index contributed by atoms with van der Waals surface area (Å²) in [5.74, 6) is -2.06. The molecule has 39 heavy (non-hydrogen) atoms. The molecule has 3 N–H and O–H groups in total. The molecular weight excluding hydrogens is 555 g/mol. The maximum absolute atomic E-state index is 13.7. The Kier molecular flexibility index (Phi) is 6.84. The predicted molar refractivity (Wildman–Crippen MR) is 127 cm³/mol. The molecule has 0 saturated carbocycles. The van der Waals surface area contributed by atoms with Crippen LogP contribution < -0.4 is 11.1 Å². The van der Waals surface area contributed by atoms with Crippen LogP contribution in [0.3, 0.4) is 0 Å². The second-order valence-corrected chi connectivity index (χ2v) is 9.25. The summed E-state index contributed by atoms with van der Waals surface area (Å²) in [7, 11) is 1.56. The number of fused-ring (bicyclic) bond motifs is 1. The first kappa shape index (κ1) is 27.6. The first-order valence-electron chi connectivity index (χ1n) is 10.7. The number of nitrogens with one attached hydrogen (secondary N) is 1. The summed E-state index contributed by atoms with van der Waals surface area (Å²) in [4.78, 5) is 38.4. The van der Waals surface area contributed by atoms with Crippen molar-refractivity contribution >= 4 is 44.7 Å². The van der Waals surface area contributed by atoms with Crippen molar-refractivity contribution in [3.8, 4) is 11.1 Å². The monoisotopic (exact) mass is 572 g/mol. The van der Waals surface area contributed by atoms with Gasteiger partial charge in [-0.3, -0.25) is 29.1 Å². The number of alkyl halides is 5. The van der Waals surface area contributed by atoms with Gasteiger partial charge in [-0.05, 0) is 25.5 Å². The average Bonchev–Trinajstić information content (AvgIpc) is 3.47. The lowest BCUT2D eigenvalue weighted by atomic mass is 10.0. The van der Waals surface area contributed by atoms with Crippen LogP contribution in [0.15, 0.2) is 12.3 Å². The van der Waals surface area contributed by atoms with Crippen molar-refractivity contribution in [3.05, 3.63) is 50.0 Å². The molecule has 0 radical (unpaired) electrons. The Morgan fingerprint density at radius 3 is 2.38 bits per heavy atom. The molecule has 206 valence electrons. The van der Waals surface area contributed by atoms with E-state index in [0.29, 0.717) is 21.7 Å². The van der Waals surface area contributed by atoms with Crippen molar-refractivity contribution in [2.45, 2.75) is 33.0 Å². The van der Waals surface area contributed by atoms with E-state index in [0.717, 1.165) is 13.0 Å². The van der Waals surface area contributed by atoms with E-state index in [1.807, 2.05) is 0 Å². The highest BCUT2D eigenvalue weighted by Crippen LogP contribution is 2.44. The van der Waals surface area contributed by atoms with Crippen LogP contribution in [-0.4, -0.2) is 41.3 Å². The molecular formula is C21H17F5N8O4S. The van der Waals surface area contributed by atoms with E-state index in [2.05, 4.69) is 20.5 Å². The molecule has 4 aromatic heterocycles. The fourth-order valence-corrected chi connectivity index (χ4v) is 4.92. The molecule has 0 aromatic carbocycles. The normalized spacial score (nSPS) is 11.9. The molecule has 0 aliphatic rings. The Hall–Kier alpha value is -4.48. The number of aromatic nitrogens is 5. The van der Waals surface area contributed by atoms with Gasteiger partial charge in [-0.25, -0.2) is 13.8 Å². The van der Waals surface area contributed by atoms with Crippen LogP contribution in [-0.2, 0) is 24.6 Å². The number of halogens is 5. The number of hydrogen-bond donors (Lipinski definition) is 2. The average molecular weight is 572 g/mol. The minimum Gasteiger partial charge on any atom is -0.365 e. The van der Waals surface area contributed by atoms with Gasteiger partial charge in [-0.2, -0.15) is 23.4 Å². The molecule has 0 fully saturated rings. The van der Waals surface area contributed by atoms with E-state index in [1.54, 1.807) is 14.0 Å². The van der Waals surface area contributed by atoms with Crippen molar-refractivity contribution in [2.75, 3.05) is 5.32 Å². The fourth-order valence-electron chi connectivity index (χ4n) is 3.91. The number of nitrogens with two attached hydrogens (primary N) is 1. The number of pyridine rings is 1. The van der Waals surface area contributed by atoms with Gasteiger partial charge in [0.1, 0.15) is 27.6 Å². The van der Waals surface area contributed by atoms with Crippen molar-refractivity contribution < 1.29 is 36.5 Å². The van der Waals surface area contributed by atoms with Crippen LogP contribution in [0.2, 0.25) is 0 Å². The molecule has 0 aliphatic carbocycles. The van der Waals surface area contributed by atoms with E-state index >= 15 is 0 Å². The van der Waals surface area contributed by atoms with Gasteiger partial charge >= 0.3 is 11.9 Å². The molecule has 4 aromatic rings. The Labute approximate surface area is 218 Å². The number of rotatable bonds is 7. The topological polar surface area (TPSA) is 164 Å². The van der Waals surface area contributed by atoms with E-state index in [4.69, 9.17) is 5.73 Å². The maximum atomic E-state index is 13.7. The third kappa shape index (κ3) is 4.89. The highest BCUT2D eigenvalue weighted by molar-refractivity contribution is 7.21. The summed E-state index contributed by atoms with van der Waals surface area (Å²) in [6.07, 6.45) is -6.85. The van der Waals surface area contributed by atoms with E-state index in [-0.39, 0.29) is 37.6 Å². The first-order chi connectivity index (χ1) is 18.1. The number of primary amides is 1. The van der Waals surface area contributed by atoms with Gasteiger partial charge in [0.25, 0.3) is 12.3 Å². The van der Waals surface area contributed by atoms with Gasteiger partial charge in [0.15, 0.2) is 0 Å². The first-order valence-corrected chi connectivity index (χ1v) is 11.6. The van der Waals surface area contributed by atoms with Crippen LogP contribution >= 0.6 is 11.3 Å². The number of carbonyl (C=O) groups excluding carboxylic acids is 2. The number of thiophene rings is 1. The molecule has 0 saturated heterocycles. The molecule has 4 rings (SSSR count). The zero-order valence-electron chi connectivity index (χ0n) is 20.1. The zero-order valence-corrected chi connectivity index (χ0v) is 20.9. The van der Waals surface area contributed by atoms with Crippen molar-refractivity contribution in [2.24, 2.45) is 12.8 Å². The molecule has 0 spiro atoms. The second-order valence-electron chi connectivity index (χ2n) is 8.25. The lowest BCUT2D eigenvalue weighted by Gasteiger charge is -2.12. The van der Waals surface area contributed by atoms with Gasteiger partial charge < -0.3 is 11.1 Å². The molecule has 0 bridgehead atoms. The standard InChI is InChI=1S/C21H17F5N8O4S/c1-7-10(5-28-32(7)3)9-4-11(21(24,25)26)29-20-13(9)14(17(39-20)19(27)36)30-12(35)6-33-8(2)16(34(37)38)15(31-33)18(22)23/h4-5,18H,6H2,1-3H3,(H2,27,36)(H,30,35). The second kappa shape index (κ2) is 9.68. The number of aryl methyl sites for hydroxylation is 1. The zero-order chi connectivity index (χ0) is 29.0. The quantitative estimate of drug-likeness (QED) is 0.191. The van der Waals surface area contributed by atoms with Crippen LogP contribution in [0, 0.1) is 24.0 Å². The Morgan fingerprint density at radius 2 is 1.90 bits per heavy atom. The van der Waals surface area contributed by atoms with E-state index in [1.165, 1.54) is 10.9 Å². The number of carbonyl (C=O) groups is 2. The van der Waals surface area contributed by atoms with Crippen molar-refractivity contribution in [1.82, 2.24) is 24.5 Å². The molecule has 0 aliphatic heterocycles. The summed E-state index contributed by atoms with van der Waals surface area (Å²) >= 11 is 0.511. The van der Waals surface area contributed by atoms with Gasteiger partial charge in [0.05, 0.1) is 16.8 Å². The number of nitro groups is 1. The smallest absolute Gasteiger partial charge is 0.365 e. The minimum absolute atomic E-state index is 0.0392. The highest BCUT2D eigenvalue weighted by atomic mass is 32.1. The van der Waals surface area contributed by atoms with Gasteiger partial charge in [-0.15, -0.1) is 11.3 Å². The van der Waals surface area contributed by atoms with Gasteiger partial charge in [-0.1, -0.05) is 0 Å². The predicted octanol–water partition coefficient (Wildman–Crippen LogP) is 4.11. The van der Waals surface area contributed by atoms with Crippen LogP contribution in [0.1, 0.15) is 38.9 Å². The van der Waals surface area contributed by atoms with E-state index < -0.39 is 53.0 Å². The van der Waals surface area contributed by atoms with Crippen LogP contribution in [0.5, 0.6) is 0 Å². The summed E-state index contributed by atoms with van der Waals surface area (Å²) in [5, 5.41) is 21.1. The summed E-state index contributed by atoms with van der Waals surface area (Å²) in [6, 6.07) is 0.745. The SMILES string of the molecule is Cc1c(-c2cc(C(F)(F)F)nc3sc(C(N)=O)c(NC(=O)Cn4nc(C(F)F)c([N+](=O)[O-])c4C)c23)cnn1C. The van der Waals surface area contributed by atoms with E-state index in [9.17, 15) is 41.7 Å². The number of anilines is 1. The Balaban J connectivity index is 1.87. The Bertz CT molecular complexity index is 1660. The maximum Gasteiger partial charge on any atom is 0.433 e. The molecule has 18 heteroatoms. The van der Waals surface area contributed by atoms with Crippen LogP contribution in [0.4, 0.5) is 33.3 Å². The third-order valence-corrected chi connectivity index (χ3v) is 6.95. The summed E-state index contributed by atoms with van der Waals surface area (Å²) in [5.41, 5.74) is 2.14. The number of hydrogen-bond acceptors (Lipinski definition) is 8. The molecule has 4 heterocycles. The molecule has 0 unspecified atom stereocenters. The molecule has 2 amide bonds. The molecule has 0 atom stereocenters. The minimum atomic E-state index is -4.85. The van der Waals surface area contributed by atoms with Crippen molar-refractivity contribution in [3.63, 3.8) is 0 Å². The molecule has 12 nitrogen and oxygen atoms in total. The van der Waals surface area contributed by atoms with Crippen LogP contribution in [0.25, 0.3) is 21.3 Å².